The van der Waals surface area contributed by atoms with Crippen LogP contribution in [0.3, 0.4) is 0 Å². The lowest BCUT2D eigenvalue weighted by atomic mass is 9.76. The highest BCUT2D eigenvalue weighted by Crippen LogP contribution is 2.37. The molecule has 104 valence electrons. The third-order valence-corrected chi connectivity index (χ3v) is 3.21. The van der Waals surface area contributed by atoms with Crippen molar-refractivity contribution in [2.75, 3.05) is 13.2 Å². The molecular weight excluding hydrogens is 239 g/mol. The molecule has 4 unspecified atom stereocenters. The number of carbonyl (C=O) groups is 1. The van der Waals surface area contributed by atoms with Crippen LogP contribution in [0.4, 0.5) is 4.39 Å². The highest BCUT2D eigenvalue weighted by molar-refractivity contribution is 5.73. The first-order valence-electron chi connectivity index (χ1n) is 6.31. The Labute approximate surface area is 107 Å². The van der Waals surface area contributed by atoms with Gasteiger partial charge in [-0.2, -0.15) is 0 Å². The van der Waals surface area contributed by atoms with Gasteiger partial charge in [0.05, 0.1) is 31.0 Å². The van der Waals surface area contributed by atoms with Crippen LogP contribution in [-0.4, -0.2) is 36.6 Å². The number of rotatable bonds is 5. The van der Waals surface area contributed by atoms with E-state index in [2.05, 4.69) is 6.58 Å². The van der Waals surface area contributed by atoms with Crippen LogP contribution in [0.5, 0.6) is 0 Å². The standard InChI is InChI=1S/C13H21FO4/c1-4-17-8(3)9-7-12(15)11(14)6-10(9)13(16)18-5-2/h9-12,15H,3-7H2,1-2H3. The minimum atomic E-state index is -1.40. The Morgan fingerprint density at radius 3 is 2.44 bits per heavy atom. The van der Waals surface area contributed by atoms with Crippen molar-refractivity contribution in [2.24, 2.45) is 11.8 Å². The molecule has 1 fully saturated rings. The fourth-order valence-corrected chi connectivity index (χ4v) is 2.29. The van der Waals surface area contributed by atoms with Gasteiger partial charge in [-0.1, -0.05) is 6.58 Å². The van der Waals surface area contributed by atoms with Gasteiger partial charge in [-0.25, -0.2) is 4.39 Å². The van der Waals surface area contributed by atoms with Gasteiger partial charge in [0.25, 0.3) is 0 Å². The van der Waals surface area contributed by atoms with Gasteiger partial charge in [0.1, 0.15) is 6.17 Å². The zero-order valence-corrected chi connectivity index (χ0v) is 10.9. The number of esters is 1. The molecule has 0 heterocycles. The summed E-state index contributed by atoms with van der Waals surface area (Å²) >= 11 is 0. The van der Waals surface area contributed by atoms with E-state index in [-0.39, 0.29) is 25.4 Å². The molecule has 0 aromatic rings. The third-order valence-electron chi connectivity index (χ3n) is 3.21. The molecule has 0 aliphatic heterocycles. The van der Waals surface area contributed by atoms with Crippen molar-refractivity contribution in [3.8, 4) is 0 Å². The molecule has 1 aliphatic carbocycles. The molecule has 0 amide bonds. The van der Waals surface area contributed by atoms with E-state index in [1.807, 2.05) is 6.92 Å². The first-order valence-corrected chi connectivity index (χ1v) is 6.31. The summed E-state index contributed by atoms with van der Waals surface area (Å²) in [4.78, 5) is 11.8. The molecule has 0 saturated heterocycles. The molecule has 4 atom stereocenters. The van der Waals surface area contributed by atoms with Crippen molar-refractivity contribution < 1.29 is 23.8 Å². The molecule has 4 nitrogen and oxygen atoms in total. The molecule has 0 aromatic carbocycles. The van der Waals surface area contributed by atoms with E-state index in [0.717, 1.165) is 0 Å². The first kappa shape index (κ1) is 15.0. The summed E-state index contributed by atoms with van der Waals surface area (Å²) in [5, 5.41) is 9.57. The molecule has 0 spiro atoms. The maximum Gasteiger partial charge on any atom is 0.309 e. The second-order valence-corrected chi connectivity index (χ2v) is 4.42. The minimum absolute atomic E-state index is 0.0449. The monoisotopic (exact) mass is 260 g/mol. The zero-order valence-electron chi connectivity index (χ0n) is 10.9. The van der Waals surface area contributed by atoms with Crippen molar-refractivity contribution in [1.82, 2.24) is 0 Å². The molecule has 1 saturated carbocycles. The Hall–Kier alpha value is -1.10. The minimum Gasteiger partial charge on any atom is -0.499 e. The summed E-state index contributed by atoms with van der Waals surface area (Å²) < 4.78 is 23.7. The Bertz CT molecular complexity index is 275. The number of allylic oxidation sites excluding steroid dienone is 1. The summed E-state index contributed by atoms with van der Waals surface area (Å²) in [7, 11) is 0. The number of aliphatic hydroxyl groups is 1. The Morgan fingerprint density at radius 1 is 1.28 bits per heavy atom. The lowest BCUT2D eigenvalue weighted by Crippen LogP contribution is -2.41. The number of aliphatic hydroxyl groups excluding tert-OH is 1. The number of carbonyl (C=O) groups excluding carboxylic acids is 1. The van der Waals surface area contributed by atoms with Gasteiger partial charge < -0.3 is 14.6 Å². The van der Waals surface area contributed by atoms with Gasteiger partial charge in [0, 0.05) is 5.92 Å². The van der Waals surface area contributed by atoms with Crippen LogP contribution in [-0.2, 0) is 14.3 Å². The van der Waals surface area contributed by atoms with Crippen LogP contribution < -0.4 is 0 Å². The Morgan fingerprint density at radius 2 is 1.89 bits per heavy atom. The van der Waals surface area contributed by atoms with Gasteiger partial charge in [0.15, 0.2) is 0 Å². The van der Waals surface area contributed by atoms with Crippen molar-refractivity contribution in [2.45, 2.75) is 39.0 Å². The smallest absolute Gasteiger partial charge is 0.309 e. The van der Waals surface area contributed by atoms with E-state index < -0.39 is 24.2 Å². The van der Waals surface area contributed by atoms with E-state index in [4.69, 9.17) is 9.47 Å². The number of halogens is 1. The van der Waals surface area contributed by atoms with Gasteiger partial charge in [-0.3, -0.25) is 4.79 Å². The largest absolute Gasteiger partial charge is 0.499 e. The summed E-state index contributed by atoms with van der Waals surface area (Å²) in [6, 6.07) is 0. The predicted octanol–water partition coefficient (Wildman–Crippen LogP) is 1.82. The quantitative estimate of drug-likeness (QED) is 0.605. The summed E-state index contributed by atoms with van der Waals surface area (Å²) in [6.45, 7) is 7.95. The number of hydrogen-bond donors (Lipinski definition) is 1. The van der Waals surface area contributed by atoms with Crippen LogP contribution in [0.1, 0.15) is 26.7 Å². The molecule has 5 heteroatoms. The second-order valence-electron chi connectivity index (χ2n) is 4.42. The maximum atomic E-state index is 13.5. The predicted molar refractivity (Wildman–Crippen MR) is 64.5 cm³/mol. The highest BCUT2D eigenvalue weighted by atomic mass is 19.1. The first-order chi connectivity index (χ1) is 8.51. The van der Waals surface area contributed by atoms with Crippen molar-refractivity contribution >= 4 is 5.97 Å². The van der Waals surface area contributed by atoms with Gasteiger partial charge in [0.2, 0.25) is 0 Å². The average Bonchev–Trinajstić information content (AvgIpc) is 2.32. The molecular formula is C13H21FO4. The van der Waals surface area contributed by atoms with E-state index in [0.29, 0.717) is 12.4 Å². The maximum absolute atomic E-state index is 13.5. The SMILES string of the molecule is C=C(OCC)C1CC(O)C(F)CC1C(=O)OCC. The topological polar surface area (TPSA) is 55.8 Å². The van der Waals surface area contributed by atoms with E-state index in [1.54, 1.807) is 6.92 Å². The molecule has 0 aromatic heterocycles. The van der Waals surface area contributed by atoms with E-state index in [9.17, 15) is 14.3 Å². The van der Waals surface area contributed by atoms with Crippen LogP contribution >= 0.6 is 0 Å². The van der Waals surface area contributed by atoms with Crippen LogP contribution in [0, 0.1) is 11.8 Å². The summed E-state index contributed by atoms with van der Waals surface area (Å²) in [5.74, 6) is -1.03. The molecule has 18 heavy (non-hydrogen) atoms. The van der Waals surface area contributed by atoms with Crippen molar-refractivity contribution in [3.63, 3.8) is 0 Å². The Balaban J connectivity index is 2.80. The number of hydrogen-bond acceptors (Lipinski definition) is 4. The lowest BCUT2D eigenvalue weighted by molar-refractivity contribution is -0.154. The second kappa shape index (κ2) is 6.73. The number of alkyl halides is 1. The Kier molecular flexibility index (Phi) is 5.59. The molecule has 1 rings (SSSR count). The normalized spacial score (nSPS) is 31.8. The summed E-state index contributed by atoms with van der Waals surface area (Å²) in [6.07, 6.45) is -2.37. The van der Waals surface area contributed by atoms with Crippen LogP contribution in [0.25, 0.3) is 0 Å². The van der Waals surface area contributed by atoms with Crippen LogP contribution in [0.2, 0.25) is 0 Å². The zero-order chi connectivity index (χ0) is 13.7. The lowest BCUT2D eigenvalue weighted by Gasteiger charge is -2.35. The molecule has 1 N–H and O–H groups in total. The number of ether oxygens (including phenoxy) is 2. The van der Waals surface area contributed by atoms with Crippen molar-refractivity contribution in [3.05, 3.63) is 12.3 Å². The highest BCUT2D eigenvalue weighted by Gasteiger charge is 2.42. The molecule has 0 bridgehead atoms. The van der Waals surface area contributed by atoms with Crippen LogP contribution in [0.15, 0.2) is 12.3 Å². The summed E-state index contributed by atoms with van der Waals surface area (Å²) in [5.41, 5.74) is 0. The molecule has 1 aliphatic rings. The average molecular weight is 260 g/mol. The van der Waals surface area contributed by atoms with Gasteiger partial charge >= 0.3 is 5.97 Å². The van der Waals surface area contributed by atoms with Crippen molar-refractivity contribution in [1.29, 1.82) is 0 Å². The third kappa shape index (κ3) is 3.45. The van der Waals surface area contributed by atoms with E-state index >= 15 is 0 Å². The molecule has 0 radical (unpaired) electrons. The van der Waals surface area contributed by atoms with Gasteiger partial charge in [-0.05, 0) is 26.7 Å². The fraction of sp³-hybridized carbons (Fsp3) is 0.769. The fourth-order valence-electron chi connectivity index (χ4n) is 2.29. The van der Waals surface area contributed by atoms with Gasteiger partial charge in [-0.15, -0.1) is 0 Å². The van der Waals surface area contributed by atoms with E-state index in [1.165, 1.54) is 0 Å².